The molecule has 0 aromatic carbocycles. The largest absolute Gasteiger partial charge is 0.354 e. The second-order valence-corrected chi connectivity index (χ2v) is 6.61. The lowest BCUT2D eigenvalue weighted by Crippen LogP contribution is -2.54. The molecular formula is C17H33NO2. The van der Waals surface area contributed by atoms with E-state index < -0.39 is 0 Å². The van der Waals surface area contributed by atoms with Gasteiger partial charge in [0.1, 0.15) is 0 Å². The molecule has 0 amide bonds. The van der Waals surface area contributed by atoms with Crippen LogP contribution in [0.1, 0.15) is 71.1 Å². The Labute approximate surface area is 125 Å². The predicted molar refractivity (Wildman–Crippen MR) is 82.9 cm³/mol. The van der Waals surface area contributed by atoms with Crippen LogP contribution >= 0.6 is 0 Å². The molecule has 0 aromatic rings. The molecule has 118 valence electrons. The Morgan fingerprint density at radius 1 is 0.750 bits per heavy atom. The summed E-state index contributed by atoms with van der Waals surface area (Å²) in [5.41, 5.74) is 0. The van der Waals surface area contributed by atoms with Gasteiger partial charge in [0.25, 0.3) is 0 Å². The first-order valence-electron chi connectivity index (χ1n) is 8.61. The first kappa shape index (κ1) is 16.3. The van der Waals surface area contributed by atoms with Crippen molar-refractivity contribution in [1.82, 2.24) is 4.90 Å². The zero-order valence-corrected chi connectivity index (χ0v) is 13.6. The van der Waals surface area contributed by atoms with Crippen LogP contribution in [0.15, 0.2) is 0 Å². The van der Waals surface area contributed by atoms with E-state index in [1.807, 2.05) is 0 Å². The van der Waals surface area contributed by atoms with Crippen molar-refractivity contribution in [2.24, 2.45) is 0 Å². The Kier molecular flexibility index (Phi) is 6.79. The Bertz CT molecular complexity index is 238. The average Bonchev–Trinajstić information content (AvgIpc) is 2.51. The third kappa shape index (κ3) is 3.96. The lowest BCUT2D eigenvalue weighted by atomic mass is 9.87. The third-order valence-corrected chi connectivity index (χ3v) is 5.32. The van der Waals surface area contributed by atoms with Gasteiger partial charge in [0, 0.05) is 26.3 Å². The molecule has 1 atom stereocenters. The summed E-state index contributed by atoms with van der Waals surface area (Å²) < 4.78 is 11.1. The summed E-state index contributed by atoms with van der Waals surface area (Å²) in [6, 6.07) is 1.85. The van der Waals surface area contributed by atoms with Crippen LogP contribution < -0.4 is 0 Å². The van der Waals surface area contributed by atoms with Gasteiger partial charge in [0.2, 0.25) is 0 Å². The monoisotopic (exact) mass is 283 g/mol. The number of hydrogen-bond donors (Lipinski definition) is 0. The summed E-state index contributed by atoms with van der Waals surface area (Å²) in [4.78, 5) is 2.77. The molecule has 2 rings (SSSR count). The van der Waals surface area contributed by atoms with Gasteiger partial charge in [-0.3, -0.25) is 4.90 Å². The molecule has 2 aliphatic carbocycles. The lowest BCUT2D eigenvalue weighted by Gasteiger charge is -2.46. The second kappa shape index (κ2) is 8.35. The van der Waals surface area contributed by atoms with Crippen LogP contribution in [0.3, 0.4) is 0 Å². The highest BCUT2D eigenvalue weighted by molar-refractivity contribution is 4.88. The van der Waals surface area contributed by atoms with Crippen molar-refractivity contribution >= 4 is 0 Å². The second-order valence-electron chi connectivity index (χ2n) is 6.61. The van der Waals surface area contributed by atoms with Crippen LogP contribution in [-0.2, 0) is 9.47 Å². The third-order valence-electron chi connectivity index (χ3n) is 5.32. The molecule has 20 heavy (non-hydrogen) atoms. The van der Waals surface area contributed by atoms with Crippen LogP contribution in [0, 0.1) is 0 Å². The molecule has 0 aliphatic heterocycles. The van der Waals surface area contributed by atoms with E-state index in [1.165, 1.54) is 64.2 Å². The Balaban J connectivity index is 2.08. The standard InChI is InChI=1S/C17H33NO2/c1-14(17(19-2)20-3)18(15-10-6-4-7-11-15)16-12-8-5-9-13-16/h14-17H,4-13H2,1-3H3. The fourth-order valence-corrected chi connectivity index (χ4v) is 4.35. The van der Waals surface area contributed by atoms with Gasteiger partial charge in [-0.2, -0.15) is 0 Å². The maximum absolute atomic E-state index is 5.56. The summed E-state index contributed by atoms with van der Waals surface area (Å²) in [6.45, 7) is 2.29. The molecule has 3 nitrogen and oxygen atoms in total. The summed E-state index contributed by atoms with van der Waals surface area (Å²) in [5, 5.41) is 0. The molecule has 2 aliphatic rings. The van der Waals surface area contributed by atoms with Crippen LogP contribution in [0.2, 0.25) is 0 Å². The Morgan fingerprint density at radius 2 is 1.15 bits per heavy atom. The lowest BCUT2D eigenvalue weighted by molar-refractivity contribution is -0.158. The molecule has 0 heterocycles. The van der Waals surface area contributed by atoms with Gasteiger partial charge < -0.3 is 9.47 Å². The van der Waals surface area contributed by atoms with E-state index in [9.17, 15) is 0 Å². The average molecular weight is 283 g/mol. The van der Waals surface area contributed by atoms with Crippen LogP contribution in [-0.4, -0.2) is 43.5 Å². The molecular weight excluding hydrogens is 250 g/mol. The topological polar surface area (TPSA) is 21.7 Å². The predicted octanol–water partition coefficient (Wildman–Crippen LogP) is 3.96. The maximum Gasteiger partial charge on any atom is 0.171 e. The van der Waals surface area contributed by atoms with E-state index >= 15 is 0 Å². The normalized spacial score (nSPS) is 24.4. The Hall–Kier alpha value is -0.120. The first-order valence-corrected chi connectivity index (χ1v) is 8.61. The van der Waals surface area contributed by atoms with E-state index in [1.54, 1.807) is 14.2 Å². The first-order chi connectivity index (χ1) is 9.77. The summed E-state index contributed by atoms with van der Waals surface area (Å²) in [5.74, 6) is 0. The van der Waals surface area contributed by atoms with Crippen molar-refractivity contribution in [3.8, 4) is 0 Å². The van der Waals surface area contributed by atoms with E-state index in [-0.39, 0.29) is 6.29 Å². The highest BCUT2D eigenvalue weighted by Crippen LogP contribution is 2.32. The molecule has 0 spiro atoms. The van der Waals surface area contributed by atoms with Crippen molar-refractivity contribution in [3.63, 3.8) is 0 Å². The van der Waals surface area contributed by atoms with E-state index in [2.05, 4.69) is 11.8 Å². The van der Waals surface area contributed by atoms with Gasteiger partial charge in [-0.1, -0.05) is 38.5 Å². The van der Waals surface area contributed by atoms with Gasteiger partial charge >= 0.3 is 0 Å². The highest BCUT2D eigenvalue weighted by Gasteiger charge is 2.35. The minimum atomic E-state index is -0.0983. The van der Waals surface area contributed by atoms with Gasteiger partial charge in [-0.15, -0.1) is 0 Å². The van der Waals surface area contributed by atoms with Crippen molar-refractivity contribution < 1.29 is 9.47 Å². The molecule has 0 saturated heterocycles. The molecule has 0 aromatic heterocycles. The van der Waals surface area contributed by atoms with E-state index in [0.29, 0.717) is 6.04 Å². The SMILES string of the molecule is COC(OC)C(C)N(C1CCCCC1)C1CCCCC1. The van der Waals surface area contributed by atoms with E-state index in [4.69, 9.17) is 9.47 Å². The molecule has 2 fully saturated rings. The van der Waals surface area contributed by atoms with Crippen LogP contribution in [0.5, 0.6) is 0 Å². The molecule has 0 bridgehead atoms. The van der Waals surface area contributed by atoms with Gasteiger partial charge in [0.05, 0.1) is 6.04 Å². The minimum absolute atomic E-state index is 0.0983. The van der Waals surface area contributed by atoms with Gasteiger partial charge in [-0.25, -0.2) is 0 Å². The number of rotatable bonds is 6. The molecule has 0 radical (unpaired) electrons. The molecule has 1 unspecified atom stereocenters. The molecule has 2 saturated carbocycles. The number of methoxy groups -OCH3 is 2. The maximum atomic E-state index is 5.56. The van der Waals surface area contributed by atoms with Crippen molar-refractivity contribution in [1.29, 1.82) is 0 Å². The summed E-state index contributed by atoms with van der Waals surface area (Å²) in [7, 11) is 3.54. The minimum Gasteiger partial charge on any atom is -0.354 e. The fourth-order valence-electron chi connectivity index (χ4n) is 4.35. The smallest absolute Gasteiger partial charge is 0.171 e. The summed E-state index contributed by atoms with van der Waals surface area (Å²) in [6.07, 6.45) is 13.8. The number of ether oxygens (including phenoxy) is 2. The van der Waals surface area contributed by atoms with Crippen molar-refractivity contribution in [3.05, 3.63) is 0 Å². The van der Waals surface area contributed by atoms with Crippen molar-refractivity contribution in [2.45, 2.75) is 95.5 Å². The fraction of sp³-hybridized carbons (Fsp3) is 1.00. The molecule has 0 N–H and O–H groups in total. The van der Waals surface area contributed by atoms with Gasteiger partial charge in [0.15, 0.2) is 6.29 Å². The Morgan fingerprint density at radius 3 is 1.50 bits per heavy atom. The van der Waals surface area contributed by atoms with E-state index in [0.717, 1.165) is 12.1 Å². The quantitative estimate of drug-likeness (QED) is 0.689. The number of nitrogens with zero attached hydrogens (tertiary/aromatic N) is 1. The molecule has 3 heteroatoms. The highest BCUT2D eigenvalue weighted by atomic mass is 16.7. The van der Waals surface area contributed by atoms with Crippen molar-refractivity contribution in [2.75, 3.05) is 14.2 Å². The van der Waals surface area contributed by atoms with Crippen LogP contribution in [0.25, 0.3) is 0 Å². The zero-order chi connectivity index (χ0) is 14.4. The van der Waals surface area contributed by atoms with Gasteiger partial charge in [-0.05, 0) is 32.6 Å². The summed E-state index contributed by atoms with van der Waals surface area (Å²) >= 11 is 0. The zero-order valence-electron chi connectivity index (χ0n) is 13.6. The van der Waals surface area contributed by atoms with Crippen LogP contribution in [0.4, 0.5) is 0 Å². The number of hydrogen-bond acceptors (Lipinski definition) is 3.